The number of fused-ring (bicyclic) bond motifs is 1. The predicted octanol–water partition coefficient (Wildman–Crippen LogP) is 4.64. The van der Waals surface area contributed by atoms with Crippen molar-refractivity contribution in [1.82, 2.24) is 9.97 Å². The molecule has 172 valence electrons. The molecular formula is C25H27N3O4S. The van der Waals surface area contributed by atoms with Crippen LogP contribution in [0.4, 0.5) is 5.82 Å². The highest BCUT2D eigenvalue weighted by Gasteiger charge is 2.31. The van der Waals surface area contributed by atoms with E-state index < -0.39 is 5.92 Å². The molecule has 2 aromatic carbocycles. The molecule has 33 heavy (non-hydrogen) atoms. The minimum absolute atomic E-state index is 0.160. The Morgan fingerprint density at radius 3 is 2.48 bits per heavy atom. The van der Waals surface area contributed by atoms with Crippen molar-refractivity contribution >= 4 is 23.5 Å². The number of H-pyrrole nitrogens is 1. The number of amides is 1. The zero-order valence-electron chi connectivity index (χ0n) is 18.9. The molecule has 0 fully saturated rings. The smallest absolute Gasteiger partial charge is 0.257 e. The fourth-order valence-electron chi connectivity index (χ4n) is 3.82. The van der Waals surface area contributed by atoms with Crippen molar-refractivity contribution < 1.29 is 14.3 Å². The summed E-state index contributed by atoms with van der Waals surface area (Å²) in [5.74, 6) is 1.62. The Balaban J connectivity index is 1.64. The van der Waals surface area contributed by atoms with Gasteiger partial charge in [-0.1, -0.05) is 47.7 Å². The minimum atomic E-state index is -0.420. The summed E-state index contributed by atoms with van der Waals surface area (Å²) >= 11 is 1.43. The summed E-state index contributed by atoms with van der Waals surface area (Å²) in [6, 6.07) is 13.8. The highest BCUT2D eigenvalue weighted by Crippen LogP contribution is 2.38. The van der Waals surface area contributed by atoms with Gasteiger partial charge in [0, 0.05) is 18.1 Å². The van der Waals surface area contributed by atoms with Gasteiger partial charge < -0.3 is 19.8 Å². The van der Waals surface area contributed by atoms with Crippen LogP contribution in [0.2, 0.25) is 0 Å². The van der Waals surface area contributed by atoms with E-state index in [1.807, 2.05) is 39.0 Å². The summed E-state index contributed by atoms with van der Waals surface area (Å²) in [5.41, 5.74) is 3.35. The molecular weight excluding hydrogens is 438 g/mol. The van der Waals surface area contributed by atoms with E-state index in [1.165, 1.54) is 17.3 Å². The van der Waals surface area contributed by atoms with Gasteiger partial charge >= 0.3 is 0 Å². The number of nitrogens with one attached hydrogen (secondary N) is 2. The topological polar surface area (TPSA) is 93.3 Å². The van der Waals surface area contributed by atoms with E-state index in [1.54, 1.807) is 0 Å². The lowest BCUT2D eigenvalue weighted by Gasteiger charge is -2.25. The molecule has 2 N–H and O–H groups in total. The monoisotopic (exact) mass is 465 g/mol. The number of aromatic nitrogens is 2. The lowest BCUT2D eigenvalue weighted by atomic mass is 9.86. The number of aromatic amines is 1. The number of carbonyl (C=O) groups is 1. The molecule has 1 aliphatic rings. The van der Waals surface area contributed by atoms with Crippen LogP contribution in [-0.4, -0.2) is 29.1 Å². The van der Waals surface area contributed by atoms with Gasteiger partial charge in [0.15, 0.2) is 16.7 Å². The molecule has 0 radical (unpaired) electrons. The molecule has 0 aliphatic carbocycles. The molecule has 7 nitrogen and oxygen atoms in total. The van der Waals surface area contributed by atoms with E-state index in [2.05, 4.69) is 39.6 Å². The minimum Gasteiger partial charge on any atom is -0.490 e. The molecule has 0 saturated heterocycles. The van der Waals surface area contributed by atoms with Gasteiger partial charge in [0.05, 0.1) is 18.8 Å². The zero-order valence-corrected chi connectivity index (χ0v) is 19.8. The number of hydrogen-bond acceptors (Lipinski definition) is 6. The van der Waals surface area contributed by atoms with E-state index in [4.69, 9.17) is 9.47 Å². The number of ether oxygens (including phenoxy) is 2. The largest absolute Gasteiger partial charge is 0.490 e. The maximum Gasteiger partial charge on any atom is 0.257 e. The highest BCUT2D eigenvalue weighted by atomic mass is 32.2. The zero-order chi connectivity index (χ0) is 23.4. The van der Waals surface area contributed by atoms with E-state index in [0.717, 1.165) is 11.1 Å². The van der Waals surface area contributed by atoms with Gasteiger partial charge in [-0.25, -0.2) is 4.98 Å². The fraction of sp³-hybridized carbons (Fsp3) is 0.320. The second kappa shape index (κ2) is 10.1. The molecule has 1 atom stereocenters. The predicted molar refractivity (Wildman–Crippen MR) is 129 cm³/mol. The quantitative estimate of drug-likeness (QED) is 0.372. The number of thioether (sulfide) groups is 1. The molecule has 2 heterocycles. The summed E-state index contributed by atoms with van der Waals surface area (Å²) in [5, 5.41) is 3.25. The highest BCUT2D eigenvalue weighted by molar-refractivity contribution is 7.98. The number of anilines is 1. The standard InChI is InChI=1S/C25H27N3O4S/c1-4-31-19-11-10-17(12-20(19)32-5-2)18-13-21(29)26-23-22(18)24(30)28-25(27-23)33-14-16-8-6-15(3)7-9-16/h6-12,18H,4-5,13-14H2,1-3H3,(H2,26,27,28,29,30). The number of hydrogen-bond donors (Lipinski definition) is 2. The van der Waals surface area contributed by atoms with Gasteiger partial charge in [0.1, 0.15) is 5.82 Å². The normalized spacial score (nSPS) is 15.0. The summed E-state index contributed by atoms with van der Waals surface area (Å²) in [7, 11) is 0. The average Bonchev–Trinajstić information content (AvgIpc) is 2.79. The molecule has 8 heteroatoms. The SMILES string of the molecule is CCOc1ccc(C2CC(=O)Nc3nc(SCc4ccc(C)cc4)[nH]c(=O)c32)cc1OCC. The van der Waals surface area contributed by atoms with Crippen molar-refractivity contribution in [2.75, 3.05) is 18.5 Å². The molecule has 3 aromatic rings. The Labute approximate surface area is 196 Å². The fourth-order valence-corrected chi connectivity index (χ4v) is 4.64. The number of rotatable bonds is 8. The van der Waals surface area contributed by atoms with Crippen molar-refractivity contribution in [2.24, 2.45) is 0 Å². The Morgan fingerprint density at radius 2 is 1.76 bits per heavy atom. The summed E-state index contributed by atoms with van der Waals surface area (Å²) < 4.78 is 11.4. The van der Waals surface area contributed by atoms with Crippen molar-refractivity contribution in [1.29, 1.82) is 0 Å². The Hall–Kier alpha value is -3.26. The van der Waals surface area contributed by atoms with Crippen LogP contribution < -0.4 is 20.3 Å². The summed E-state index contributed by atoms with van der Waals surface area (Å²) in [4.78, 5) is 33.0. The van der Waals surface area contributed by atoms with Crippen molar-refractivity contribution in [3.63, 3.8) is 0 Å². The van der Waals surface area contributed by atoms with Crippen LogP contribution in [-0.2, 0) is 10.5 Å². The maximum atomic E-state index is 13.1. The van der Waals surface area contributed by atoms with Crippen LogP contribution in [0, 0.1) is 6.92 Å². The molecule has 0 saturated carbocycles. The van der Waals surface area contributed by atoms with Crippen LogP contribution in [0.15, 0.2) is 52.4 Å². The Bertz CT molecular complexity index is 1210. The van der Waals surface area contributed by atoms with E-state index in [-0.39, 0.29) is 17.9 Å². The van der Waals surface area contributed by atoms with Crippen LogP contribution in [0.1, 0.15) is 48.4 Å². The first-order valence-electron chi connectivity index (χ1n) is 11.0. The third kappa shape index (κ3) is 5.22. The van der Waals surface area contributed by atoms with E-state index >= 15 is 0 Å². The third-order valence-electron chi connectivity index (χ3n) is 5.40. The van der Waals surface area contributed by atoms with E-state index in [0.29, 0.717) is 47.0 Å². The number of nitrogens with zero attached hydrogens (tertiary/aromatic N) is 1. The number of aryl methyl sites for hydroxylation is 1. The van der Waals surface area contributed by atoms with Gasteiger partial charge in [0.25, 0.3) is 5.56 Å². The molecule has 1 unspecified atom stereocenters. The lowest BCUT2D eigenvalue weighted by molar-refractivity contribution is -0.116. The lowest BCUT2D eigenvalue weighted by Crippen LogP contribution is -2.31. The first-order valence-corrected chi connectivity index (χ1v) is 12.0. The molecule has 1 aromatic heterocycles. The molecule has 0 spiro atoms. The van der Waals surface area contributed by atoms with Gasteiger partial charge in [0.2, 0.25) is 5.91 Å². The van der Waals surface area contributed by atoms with E-state index in [9.17, 15) is 9.59 Å². The average molecular weight is 466 g/mol. The summed E-state index contributed by atoms with van der Waals surface area (Å²) in [6.07, 6.45) is 0.160. The van der Waals surface area contributed by atoms with Crippen LogP contribution in [0.25, 0.3) is 0 Å². The number of benzene rings is 2. The molecule has 1 amide bonds. The van der Waals surface area contributed by atoms with Crippen LogP contribution in [0.3, 0.4) is 0 Å². The first-order chi connectivity index (χ1) is 16.0. The number of carbonyl (C=O) groups excluding carboxylic acids is 1. The van der Waals surface area contributed by atoms with Crippen LogP contribution in [0.5, 0.6) is 11.5 Å². The van der Waals surface area contributed by atoms with Crippen molar-refractivity contribution in [3.8, 4) is 11.5 Å². The second-order valence-electron chi connectivity index (χ2n) is 7.78. The summed E-state index contributed by atoms with van der Waals surface area (Å²) in [6.45, 7) is 6.84. The third-order valence-corrected chi connectivity index (χ3v) is 6.34. The van der Waals surface area contributed by atoms with Gasteiger partial charge in [-0.15, -0.1) is 0 Å². The Morgan fingerprint density at radius 1 is 1.03 bits per heavy atom. The first kappa shape index (κ1) is 22.9. The van der Waals surface area contributed by atoms with Gasteiger partial charge in [-0.05, 0) is 44.0 Å². The Kier molecular flexibility index (Phi) is 7.03. The molecule has 1 aliphatic heterocycles. The maximum absolute atomic E-state index is 13.1. The van der Waals surface area contributed by atoms with Crippen molar-refractivity contribution in [2.45, 2.75) is 44.0 Å². The molecule has 0 bridgehead atoms. The van der Waals surface area contributed by atoms with Gasteiger partial charge in [-0.2, -0.15) is 0 Å². The van der Waals surface area contributed by atoms with Gasteiger partial charge in [-0.3, -0.25) is 9.59 Å². The molecule has 4 rings (SSSR count). The second-order valence-corrected chi connectivity index (χ2v) is 8.75. The van der Waals surface area contributed by atoms with Crippen molar-refractivity contribution in [3.05, 3.63) is 75.1 Å². The van der Waals surface area contributed by atoms with Crippen LogP contribution >= 0.6 is 11.8 Å².